The molecule has 1 rings (SSSR count). The monoisotopic (exact) mass is 201 g/mol. The molecule has 0 aromatic carbocycles. The van der Waals surface area contributed by atoms with Crippen LogP contribution in [-0.2, 0) is 0 Å². The maximum Gasteiger partial charge on any atom is 0.0267 e. The molecule has 36 valence electrons. The fourth-order valence-electron chi connectivity index (χ4n) is 0.313. The van der Waals surface area contributed by atoms with Crippen LogP contribution in [0.15, 0.2) is 30.6 Å². The number of hydrogen-bond donors (Lipinski definition) is 0. The van der Waals surface area contributed by atoms with E-state index in [4.69, 9.17) is 0 Å². The quantitative estimate of drug-likeness (QED) is 0.543. The van der Waals surface area contributed by atoms with Gasteiger partial charge in [0.15, 0.2) is 0 Å². The van der Waals surface area contributed by atoms with E-state index in [2.05, 4.69) is 4.98 Å². The smallest absolute Gasteiger partial charge is 0.0267 e. The van der Waals surface area contributed by atoms with Crippen LogP contribution in [0.25, 0.3) is 0 Å². The van der Waals surface area contributed by atoms with Gasteiger partial charge in [-0.05, 0) is 12.1 Å². The molecule has 0 aliphatic rings. The zero-order valence-electron chi connectivity index (χ0n) is 4.04. The maximum absolute atomic E-state index is 3.78. The molecular formula is C5H7NSn. The number of rotatable bonds is 0. The molecule has 0 aliphatic heterocycles. The van der Waals surface area contributed by atoms with Crippen molar-refractivity contribution in [3.63, 3.8) is 0 Å². The van der Waals surface area contributed by atoms with Gasteiger partial charge in [-0.1, -0.05) is 6.07 Å². The Bertz CT molecular complexity index is 80.0. The number of aromatic nitrogens is 1. The van der Waals surface area contributed by atoms with Gasteiger partial charge in [0.05, 0.1) is 0 Å². The van der Waals surface area contributed by atoms with E-state index in [0.29, 0.717) is 0 Å². The van der Waals surface area contributed by atoms with Gasteiger partial charge in [0.2, 0.25) is 0 Å². The summed E-state index contributed by atoms with van der Waals surface area (Å²) in [6.45, 7) is 0. The third-order valence-electron chi connectivity index (χ3n) is 0.566. The molecule has 0 atom stereocenters. The Morgan fingerprint density at radius 2 is 1.43 bits per heavy atom. The van der Waals surface area contributed by atoms with E-state index in [0.717, 1.165) is 0 Å². The van der Waals surface area contributed by atoms with Gasteiger partial charge in [-0.2, -0.15) is 0 Å². The van der Waals surface area contributed by atoms with Crippen molar-refractivity contribution in [1.82, 2.24) is 4.98 Å². The van der Waals surface area contributed by atoms with Gasteiger partial charge < -0.3 is 0 Å². The average molecular weight is 200 g/mol. The Kier molecular flexibility index (Phi) is 4.09. The van der Waals surface area contributed by atoms with Gasteiger partial charge in [0, 0.05) is 12.4 Å². The van der Waals surface area contributed by atoms with Crippen molar-refractivity contribution < 1.29 is 0 Å². The van der Waals surface area contributed by atoms with Crippen molar-refractivity contribution in [2.75, 3.05) is 0 Å². The normalized spacial score (nSPS) is 6.86. The van der Waals surface area contributed by atoms with Gasteiger partial charge in [-0.3, -0.25) is 4.98 Å². The van der Waals surface area contributed by atoms with Crippen molar-refractivity contribution in [3.8, 4) is 0 Å². The molecule has 0 saturated carbocycles. The molecule has 1 nitrogen and oxygen atoms in total. The second kappa shape index (κ2) is 4.12. The molecule has 0 saturated heterocycles. The van der Waals surface area contributed by atoms with Crippen molar-refractivity contribution in [1.29, 1.82) is 0 Å². The van der Waals surface area contributed by atoms with Crippen LogP contribution in [0.1, 0.15) is 0 Å². The summed E-state index contributed by atoms with van der Waals surface area (Å²) in [6.07, 6.45) is 3.50. The van der Waals surface area contributed by atoms with Crippen LogP contribution in [-0.4, -0.2) is 28.9 Å². The fraction of sp³-hybridized carbons (Fsp3) is 0. The molecule has 2 radical (unpaired) electrons. The van der Waals surface area contributed by atoms with E-state index in [9.17, 15) is 0 Å². The Balaban J connectivity index is 0.000000360. The first kappa shape index (κ1) is 6.95. The van der Waals surface area contributed by atoms with E-state index in [1.54, 1.807) is 12.4 Å². The second-order valence-electron chi connectivity index (χ2n) is 1.02. The number of pyridine rings is 1. The van der Waals surface area contributed by atoms with Gasteiger partial charge in [-0.25, -0.2) is 0 Å². The molecule has 0 amide bonds. The minimum Gasteiger partial charge on any atom is -0.265 e. The number of nitrogens with zero attached hydrogens (tertiary/aromatic N) is 1. The fourth-order valence-corrected chi connectivity index (χ4v) is 0.313. The van der Waals surface area contributed by atoms with Crippen molar-refractivity contribution >= 4 is 23.9 Å². The molecule has 2 heteroatoms. The molecule has 1 aromatic rings. The third-order valence-corrected chi connectivity index (χ3v) is 0.566. The van der Waals surface area contributed by atoms with E-state index >= 15 is 0 Å². The first-order valence-electron chi connectivity index (χ1n) is 1.85. The van der Waals surface area contributed by atoms with Crippen LogP contribution in [0.2, 0.25) is 0 Å². The summed E-state index contributed by atoms with van der Waals surface area (Å²) >= 11 is 0. The summed E-state index contributed by atoms with van der Waals surface area (Å²) in [5.41, 5.74) is 0. The zero-order valence-corrected chi connectivity index (χ0v) is 8.08. The summed E-state index contributed by atoms with van der Waals surface area (Å²) in [4.78, 5) is 3.78. The summed E-state index contributed by atoms with van der Waals surface area (Å²) in [7, 11) is 0. The number of hydrogen-bond acceptors (Lipinski definition) is 1. The Labute approximate surface area is 59.7 Å². The van der Waals surface area contributed by atoms with Gasteiger partial charge in [0.1, 0.15) is 0 Å². The van der Waals surface area contributed by atoms with Gasteiger partial charge >= 0.3 is 23.9 Å². The largest absolute Gasteiger partial charge is 0.265 e. The Morgan fingerprint density at radius 3 is 1.57 bits per heavy atom. The minimum atomic E-state index is 0. The maximum atomic E-state index is 3.78. The molecule has 0 fully saturated rings. The van der Waals surface area contributed by atoms with Crippen LogP contribution >= 0.6 is 0 Å². The molecular weight excluding hydrogens is 193 g/mol. The van der Waals surface area contributed by atoms with E-state index in [1.165, 1.54) is 0 Å². The molecule has 0 spiro atoms. The third kappa shape index (κ3) is 2.62. The van der Waals surface area contributed by atoms with Crippen LogP contribution < -0.4 is 0 Å². The molecule has 0 aliphatic carbocycles. The Hall–Kier alpha value is -0.0513. The summed E-state index contributed by atoms with van der Waals surface area (Å²) < 4.78 is 0. The van der Waals surface area contributed by atoms with Crippen LogP contribution in [0, 0.1) is 0 Å². The van der Waals surface area contributed by atoms with Crippen molar-refractivity contribution in [3.05, 3.63) is 30.6 Å². The van der Waals surface area contributed by atoms with Crippen molar-refractivity contribution in [2.45, 2.75) is 0 Å². The summed E-state index contributed by atoms with van der Waals surface area (Å²) in [5, 5.41) is 0. The predicted molar refractivity (Wildman–Crippen MR) is 32.8 cm³/mol. The molecule has 1 aromatic heterocycles. The van der Waals surface area contributed by atoms with E-state index in [-0.39, 0.29) is 23.9 Å². The molecule has 7 heavy (non-hydrogen) atoms. The average Bonchev–Trinajstić information content (AvgIpc) is 1.72. The topological polar surface area (TPSA) is 12.9 Å². The van der Waals surface area contributed by atoms with Gasteiger partial charge in [0.25, 0.3) is 0 Å². The van der Waals surface area contributed by atoms with E-state index < -0.39 is 0 Å². The summed E-state index contributed by atoms with van der Waals surface area (Å²) in [6, 6.07) is 5.72. The molecule has 1 heterocycles. The first-order valence-corrected chi connectivity index (χ1v) is 1.85. The second-order valence-corrected chi connectivity index (χ2v) is 1.02. The SMILES string of the molecule is [SnH2].c1ccncc1. The van der Waals surface area contributed by atoms with Gasteiger partial charge in [-0.15, -0.1) is 0 Å². The first-order chi connectivity index (χ1) is 3.00. The van der Waals surface area contributed by atoms with E-state index in [1.807, 2.05) is 18.2 Å². The van der Waals surface area contributed by atoms with Crippen LogP contribution in [0.4, 0.5) is 0 Å². The Morgan fingerprint density at radius 1 is 0.857 bits per heavy atom. The minimum absolute atomic E-state index is 0. The molecule has 0 unspecified atom stereocenters. The summed E-state index contributed by atoms with van der Waals surface area (Å²) in [5.74, 6) is 0. The van der Waals surface area contributed by atoms with Crippen LogP contribution in [0.5, 0.6) is 0 Å². The van der Waals surface area contributed by atoms with Crippen molar-refractivity contribution in [2.24, 2.45) is 0 Å². The predicted octanol–water partition coefficient (Wildman–Crippen LogP) is 0.165. The standard InChI is InChI=1S/C5H5N.Sn.2H/c1-2-4-6-5-3-1;;;/h1-5H;;;. The zero-order chi connectivity index (χ0) is 4.24. The van der Waals surface area contributed by atoms with Crippen LogP contribution in [0.3, 0.4) is 0 Å². The molecule has 0 N–H and O–H groups in total. The molecule has 0 bridgehead atoms.